The molecule has 1 aliphatic heterocycles. The number of hydrogen-bond acceptors (Lipinski definition) is 5. The van der Waals surface area contributed by atoms with Gasteiger partial charge in [0.15, 0.2) is 15.9 Å². The van der Waals surface area contributed by atoms with Gasteiger partial charge >= 0.3 is 12.4 Å². The predicted octanol–water partition coefficient (Wildman–Crippen LogP) is 4.60. The van der Waals surface area contributed by atoms with Gasteiger partial charge < -0.3 is 14.4 Å². The summed E-state index contributed by atoms with van der Waals surface area (Å²) < 4.78 is 113. The maximum absolute atomic E-state index is 13.3. The Morgan fingerprint density at radius 1 is 1.00 bits per heavy atom. The van der Waals surface area contributed by atoms with Gasteiger partial charge in [0.1, 0.15) is 11.5 Å². The van der Waals surface area contributed by atoms with Crippen molar-refractivity contribution in [2.24, 2.45) is 0 Å². The van der Waals surface area contributed by atoms with Gasteiger partial charge in [0.2, 0.25) is 0 Å². The Kier molecular flexibility index (Phi) is 6.55. The lowest BCUT2D eigenvalue weighted by atomic mass is 10.0. The van der Waals surface area contributed by atoms with Gasteiger partial charge in [-0.2, -0.15) is 26.3 Å². The largest absolute Gasteiger partial charge is 0.496 e. The van der Waals surface area contributed by atoms with E-state index in [-0.39, 0.29) is 23.5 Å². The molecule has 0 saturated heterocycles. The van der Waals surface area contributed by atoms with E-state index < -0.39 is 56.8 Å². The minimum absolute atomic E-state index is 0.167. The lowest BCUT2D eigenvalue weighted by Crippen LogP contribution is -2.32. The Morgan fingerprint density at radius 3 is 2.09 bits per heavy atom. The van der Waals surface area contributed by atoms with Crippen LogP contribution < -0.4 is 9.47 Å². The quantitative estimate of drug-likeness (QED) is 0.549. The van der Waals surface area contributed by atoms with Crippen molar-refractivity contribution in [3.63, 3.8) is 0 Å². The molecule has 0 radical (unpaired) electrons. The number of hydrogen-bond donors (Lipinski definition) is 0. The lowest BCUT2D eigenvalue weighted by molar-refractivity contribution is -0.189. The number of amides is 1. The van der Waals surface area contributed by atoms with E-state index in [0.29, 0.717) is 5.56 Å². The molecule has 0 spiro atoms. The first-order chi connectivity index (χ1) is 15.5. The molecule has 0 unspecified atom stereocenters. The third-order valence-corrected chi connectivity index (χ3v) is 6.32. The van der Waals surface area contributed by atoms with Crippen LogP contribution in [0.4, 0.5) is 26.3 Å². The number of fused-ring (bicyclic) bond motifs is 1. The molecule has 0 aromatic heterocycles. The van der Waals surface area contributed by atoms with Crippen LogP contribution in [0.3, 0.4) is 0 Å². The third-order valence-electron chi connectivity index (χ3n) is 5.21. The van der Waals surface area contributed by atoms with E-state index in [1.165, 1.54) is 0 Å². The Morgan fingerprint density at radius 2 is 1.59 bits per heavy atom. The van der Waals surface area contributed by atoms with Gasteiger partial charge in [-0.25, -0.2) is 8.42 Å². The summed E-state index contributed by atoms with van der Waals surface area (Å²) >= 11 is 0. The standard InChI is InChI=1S/C21H19F6NO5S/c1-11(20(22,23)24)33-17-5-4-14(34(3,30)31)8-15(17)19(29)28-9-12-6-16(21(25,26)27)18(32-2)7-13(12)10-28/h4-8,11H,9-10H2,1-3H3/t11-/m0/s1. The Bertz CT molecular complexity index is 1220. The Hall–Kier alpha value is -2.96. The Balaban J connectivity index is 2.01. The van der Waals surface area contributed by atoms with Crippen LogP contribution in [0, 0.1) is 0 Å². The zero-order valence-corrected chi connectivity index (χ0v) is 18.9. The summed E-state index contributed by atoms with van der Waals surface area (Å²) in [5.41, 5.74) is -0.976. The molecule has 0 saturated carbocycles. The van der Waals surface area contributed by atoms with Gasteiger partial charge in [0, 0.05) is 19.3 Å². The van der Waals surface area contributed by atoms with Crippen LogP contribution in [0.1, 0.15) is 34.0 Å². The first kappa shape index (κ1) is 25.7. The highest BCUT2D eigenvalue weighted by atomic mass is 32.2. The molecule has 0 fully saturated rings. The van der Waals surface area contributed by atoms with E-state index in [1.807, 2.05) is 0 Å². The second-order valence-electron chi connectivity index (χ2n) is 7.71. The summed E-state index contributed by atoms with van der Waals surface area (Å²) in [6, 6.07) is 4.82. The average molecular weight is 511 g/mol. The van der Waals surface area contributed by atoms with Gasteiger partial charge in [-0.1, -0.05) is 0 Å². The van der Waals surface area contributed by atoms with Crippen molar-refractivity contribution in [2.75, 3.05) is 13.4 Å². The summed E-state index contributed by atoms with van der Waals surface area (Å²) in [6.07, 6.45) is -10.9. The average Bonchev–Trinajstić information content (AvgIpc) is 3.13. The van der Waals surface area contributed by atoms with Gasteiger partial charge in [-0.05, 0) is 48.4 Å². The SMILES string of the molecule is COc1cc2c(cc1C(F)(F)F)CN(C(=O)c1cc(S(C)(=O)=O)ccc1O[C@@H](C)C(F)(F)F)C2. The van der Waals surface area contributed by atoms with E-state index in [1.54, 1.807) is 0 Å². The second-order valence-corrected chi connectivity index (χ2v) is 9.73. The molecule has 186 valence electrons. The minimum atomic E-state index is -4.76. The maximum atomic E-state index is 13.3. The van der Waals surface area contributed by atoms with Crippen LogP contribution in [0.25, 0.3) is 0 Å². The number of ether oxygens (including phenoxy) is 2. The van der Waals surface area contributed by atoms with Crippen LogP contribution in [0.15, 0.2) is 35.2 Å². The fourth-order valence-corrected chi connectivity index (χ4v) is 4.05. The van der Waals surface area contributed by atoms with E-state index in [0.717, 1.165) is 55.5 Å². The number of alkyl halides is 6. The Labute approximate surface area is 191 Å². The van der Waals surface area contributed by atoms with Crippen molar-refractivity contribution < 1.29 is 49.0 Å². The van der Waals surface area contributed by atoms with E-state index in [4.69, 9.17) is 9.47 Å². The third kappa shape index (κ3) is 5.24. The summed E-state index contributed by atoms with van der Waals surface area (Å²) in [6.45, 7) is 0.272. The highest BCUT2D eigenvalue weighted by molar-refractivity contribution is 7.90. The van der Waals surface area contributed by atoms with Crippen molar-refractivity contribution in [3.8, 4) is 11.5 Å². The van der Waals surface area contributed by atoms with Crippen LogP contribution in [0.2, 0.25) is 0 Å². The molecular weight excluding hydrogens is 492 g/mol. The maximum Gasteiger partial charge on any atom is 0.425 e. The number of sulfone groups is 1. The van der Waals surface area contributed by atoms with Gasteiger partial charge in [0.25, 0.3) is 5.91 Å². The van der Waals surface area contributed by atoms with E-state index in [2.05, 4.69) is 0 Å². The molecule has 13 heteroatoms. The summed E-state index contributed by atoms with van der Waals surface area (Å²) in [4.78, 5) is 13.9. The highest BCUT2D eigenvalue weighted by Gasteiger charge is 2.40. The number of carbonyl (C=O) groups excluding carboxylic acids is 1. The number of halogens is 6. The van der Waals surface area contributed by atoms with Gasteiger partial charge in [0.05, 0.1) is 23.1 Å². The van der Waals surface area contributed by atoms with Crippen molar-refractivity contribution in [3.05, 3.63) is 52.6 Å². The summed E-state index contributed by atoms with van der Waals surface area (Å²) in [5, 5.41) is 0. The molecule has 0 aliphatic carbocycles. The molecule has 1 heterocycles. The summed E-state index contributed by atoms with van der Waals surface area (Å²) in [5.74, 6) is -1.85. The molecule has 34 heavy (non-hydrogen) atoms. The molecule has 0 N–H and O–H groups in total. The summed E-state index contributed by atoms with van der Waals surface area (Å²) in [7, 11) is -2.76. The van der Waals surface area contributed by atoms with E-state index in [9.17, 15) is 39.6 Å². The number of rotatable bonds is 5. The molecular formula is C21H19F6NO5S. The van der Waals surface area contributed by atoms with Crippen LogP contribution in [0.5, 0.6) is 11.5 Å². The van der Waals surface area contributed by atoms with Crippen molar-refractivity contribution in [1.82, 2.24) is 4.90 Å². The smallest absolute Gasteiger partial charge is 0.425 e. The molecule has 1 amide bonds. The monoisotopic (exact) mass is 511 g/mol. The van der Waals surface area contributed by atoms with Crippen LogP contribution in [-0.2, 0) is 29.1 Å². The van der Waals surface area contributed by atoms with Crippen LogP contribution >= 0.6 is 0 Å². The fourth-order valence-electron chi connectivity index (χ4n) is 3.40. The number of carbonyl (C=O) groups is 1. The number of benzene rings is 2. The topological polar surface area (TPSA) is 72.9 Å². The zero-order valence-electron chi connectivity index (χ0n) is 18.0. The van der Waals surface area contributed by atoms with E-state index >= 15 is 0 Å². The molecule has 0 bridgehead atoms. The normalized spacial score (nSPS) is 15.1. The molecule has 6 nitrogen and oxygen atoms in total. The number of methoxy groups -OCH3 is 1. The van der Waals surface area contributed by atoms with Crippen molar-refractivity contribution >= 4 is 15.7 Å². The van der Waals surface area contributed by atoms with Gasteiger partial charge in [-0.3, -0.25) is 4.79 Å². The van der Waals surface area contributed by atoms with Crippen LogP contribution in [-0.4, -0.2) is 44.9 Å². The molecule has 2 aromatic rings. The number of nitrogens with zero attached hydrogens (tertiary/aromatic N) is 1. The zero-order chi connectivity index (χ0) is 25.6. The lowest BCUT2D eigenvalue weighted by Gasteiger charge is -2.22. The first-order valence-corrected chi connectivity index (χ1v) is 11.5. The van der Waals surface area contributed by atoms with Gasteiger partial charge in [-0.15, -0.1) is 0 Å². The predicted molar refractivity (Wildman–Crippen MR) is 107 cm³/mol. The molecule has 1 atom stereocenters. The fraction of sp³-hybridized carbons (Fsp3) is 0.381. The van der Waals surface area contributed by atoms with Crippen molar-refractivity contribution in [2.45, 2.75) is 43.4 Å². The molecule has 2 aromatic carbocycles. The first-order valence-electron chi connectivity index (χ1n) is 9.66. The highest BCUT2D eigenvalue weighted by Crippen LogP contribution is 2.40. The van der Waals surface area contributed by atoms with Crippen molar-refractivity contribution in [1.29, 1.82) is 0 Å². The minimum Gasteiger partial charge on any atom is -0.496 e. The molecule has 3 rings (SSSR count). The molecule has 1 aliphatic rings. The second kappa shape index (κ2) is 8.67.